The fraction of sp³-hybridized carbons (Fsp3) is 0.714. The highest BCUT2D eigenvalue weighted by Crippen LogP contribution is 2.55. The summed E-state index contributed by atoms with van der Waals surface area (Å²) in [6, 6.07) is 0.0748. The molecule has 0 radical (unpaired) electrons. The number of carbonyl (C=O) groups excluding carboxylic acids is 3. The lowest BCUT2D eigenvalue weighted by molar-refractivity contribution is -0.127. The predicted octanol–water partition coefficient (Wildman–Crippen LogP) is 3.73. The molecule has 3 amide bonds. The lowest BCUT2D eigenvalue weighted by Crippen LogP contribution is -2.66. The van der Waals surface area contributed by atoms with Gasteiger partial charge in [-0.25, -0.2) is 9.48 Å². The molecule has 10 nitrogen and oxygen atoms in total. The van der Waals surface area contributed by atoms with Crippen LogP contribution >= 0.6 is 0 Å². The van der Waals surface area contributed by atoms with E-state index in [1.807, 2.05) is 34.6 Å². The maximum atomic E-state index is 13.6. The van der Waals surface area contributed by atoms with Gasteiger partial charge < -0.3 is 25.4 Å². The number of methoxy groups -OCH3 is 1. The number of ether oxygens (including phenoxy) is 2. The van der Waals surface area contributed by atoms with E-state index in [1.165, 1.54) is 18.0 Å². The second-order valence-corrected chi connectivity index (χ2v) is 12.3. The Morgan fingerprint density at radius 3 is 2.50 bits per heavy atom. The molecule has 0 aromatic carbocycles. The molecule has 10 heteroatoms. The van der Waals surface area contributed by atoms with Gasteiger partial charge >= 0.3 is 6.09 Å². The number of hydrogen-bond donors (Lipinski definition) is 3. The van der Waals surface area contributed by atoms with Gasteiger partial charge in [0.15, 0.2) is 0 Å². The van der Waals surface area contributed by atoms with Crippen molar-refractivity contribution in [3.8, 4) is 5.88 Å². The van der Waals surface area contributed by atoms with E-state index in [2.05, 4.69) is 21.0 Å². The summed E-state index contributed by atoms with van der Waals surface area (Å²) < 4.78 is 12.3. The van der Waals surface area contributed by atoms with Gasteiger partial charge in [-0.3, -0.25) is 9.59 Å². The Labute approximate surface area is 225 Å². The average Bonchev–Trinajstić information content (AvgIpc) is 3.25. The number of rotatable bonds is 10. The van der Waals surface area contributed by atoms with Gasteiger partial charge in [0.05, 0.1) is 25.5 Å². The van der Waals surface area contributed by atoms with E-state index in [-0.39, 0.29) is 29.3 Å². The minimum Gasteiger partial charge on any atom is -0.477 e. The quantitative estimate of drug-likeness (QED) is 0.424. The summed E-state index contributed by atoms with van der Waals surface area (Å²) in [5, 5.41) is 13.8. The number of amides is 3. The lowest BCUT2D eigenvalue weighted by Gasteiger charge is -2.60. The molecule has 0 spiro atoms. The van der Waals surface area contributed by atoms with Crippen LogP contribution in [0.15, 0.2) is 12.3 Å². The molecule has 1 aromatic rings. The number of nitrogens with zero attached hydrogens (tertiary/aromatic N) is 2. The Hall–Kier alpha value is -3.04. The zero-order valence-electron chi connectivity index (χ0n) is 23.5. The van der Waals surface area contributed by atoms with Crippen molar-refractivity contribution in [3.05, 3.63) is 17.8 Å². The molecular weight excluding hydrogens is 486 g/mol. The molecule has 1 aromatic heterocycles. The zero-order valence-corrected chi connectivity index (χ0v) is 23.5. The Balaban J connectivity index is 1.51. The lowest BCUT2D eigenvalue weighted by atomic mass is 9.51. The number of hydrogen-bond acceptors (Lipinski definition) is 6. The normalized spacial score (nSPS) is 28.0. The van der Waals surface area contributed by atoms with Gasteiger partial charge in [0, 0.05) is 24.2 Å². The Morgan fingerprint density at radius 2 is 1.89 bits per heavy atom. The minimum absolute atomic E-state index is 0.0748. The second kappa shape index (κ2) is 11.0. The van der Waals surface area contributed by atoms with Crippen molar-refractivity contribution >= 4 is 24.1 Å². The smallest absolute Gasteiger partial charge is 0.407 e. The van der Waals surface area contributed by atoms with Crippen molar-refractivity contribution in [2.45, 2.75) is 90.3 Å². The van der Waals surface area contributed by atoms with Crippen molar-refractivity contribution in [2.24, 2.45) is 23.7 Å². The minimum atomic E-state index is -0.708. The summed E-state index contributed by atoms with van der Waals surface area (Å²) in [4.78, 5) is 37.5. The van der Waals surface area contributed by atoms with Crippen molar-refractivity contribution in [1.82, 2.24) is 25.7 Å². The molecule has 5 rings (SSSR count). The average molecular weight is 530 g/mol. The highest BCUT2D eigenvalue weighted by atomic mass is 16.5. The molecule has 4 saturated carbocycles. The topological polar surface area (TPSA) is 124 Å². The van der Waals surface area contributed by atoms with Gasteiger partial charge in [0.2, 0.25) is 11.8 Å². The molecule has 0 aliphatic heterocycles. The van der Waals surface area contributed by atoms with E-state index in [0.717, 1.165) is 32.1 Å². The molecular formula is C28H43N5O5. The standard InChI is InChI=1S/C28H43N5O5/c1-7-22(34)31-28-12-18-10-19(13-28)23(20(11-18)14-28)30-24(35)21-15-29-33(25(21)38-16-17(2)3)9-8-27(4,5)32-26(36)37-6/h8-9,15,17-20,23H,7,10-14,16H2,1-6H3,(H,30,35)(H,31,34)(H,32,36)/b9-8+. The zero-order chi connectivity index (χ0) is 27.7. The number of aromatic nitrogens is 2. The van der Waals surface area contributed by atoms with Crippen molar-refractivity contribution in [1.29, 1.82) is 0 Å². The third-order valence-corrected chi connectivity index (χ3v) is 8.09. The molecule has 3 N–H and O–H groups in total. The molecule has 0 saturated heterocycles. The summed E-state index contributed by atoms with van der Waals surface area (Å²) in [6.45, 7) is 10.1. The van der Waals surface area contributed by atoms with E-state index >= 15 is 0 Å². The van der Waals surface area contributed by atoms with Crippen LogP contribution in [-0.2, 0) is 9.53 Å². The van der Waals surface area contributed by atoms with Crippen LogP contribution in [-0.4, -0.2) is 58.5 Å². The summed E-state index contributed by atoms with van der Waals surface area (Å²) in [5.74, 6) is 1.86. The van der Waals surface area contributed by atoms with Crippen molar-refractivity contribution < 1.29 is 23.9 Å². The highest BCUT2D eigenvalue weighted by molar-refractivity contribution is 5.96. The summed E-state index contributed by atoms with van der Waals surface area (Å²) >= 11 is 0. The number of nitrogens with one attached hydrogen (secondary N) is 3. The Morgan fingerprint density at radius 1 is 1.21 bits per heavy atom. The molecule has 2 atom stereocenters. The Bertz CT molecular complexity index is 1060. The molecule has 2 unspecified atom stereocenters. The first-order valence-corrected chi connectivity index (χ1v) is 13.8. The van der Waals surface area contributed by atoms with E-state index in [1.54, 1.807) is 12.3 Å². The van der Waals surface area contributed by atoms with E-state index in [4.69, 9.17) is 9.47 Å². The predicted molar refractivity (Wildman–Crippen MR) is 143 cm³/mol. The summed E-state index contributed by atoms with van der Waals surface area (Å²) in [5.41, 5.74) is -0.436. The second-order valence-electron chi connectivity index (χ2n) is 12.3. The Kier molecular flexibility index (Phi) is 8.09. The van der Waals surface area contributed by atoms with E-state index in [0.29, 0.717) is 42.2 Å². The molecule has 1 heterocycles. The molecule has 4 bridgehead atoms. The fourth-order valence-corrected chi connectivity index (χ4v) is 6.64. The molecule has 38 heavy (non-hydrogen) atoms. The largest absolute Gasteiger partial charge is 0.477 e. The van der Waals surface area contributed by atoms with Crippen LogP contribution in [0.4, 0.5) is 4.79 Å². The maximum Gasteiger partial charge on any atom is 0.407 e. The molecule has 4 fully saturated rings. The van der Waals surface area contributed by atoms with Crippen LogP contribution in [0.2, 0.25) is 0 Å². The van der Waals surface area contributed by atoms with Gasteiger partial charge in [0.25, 0.3) is 5.91 Å². The first kappa shape index (κ1) is 28.0. The van der Waals surface area contributed by atoms with Crippen LogP contribution in [0.3, 0.4) is 0 Å². The molecule has 4 aliphatic carbocycles. The summed E-state index contributed by atoms with van der Waals surface area (Å²) in [7, 11) is 1.32. The number of carbonyl (C=O) groups is 3. The van der Waals surface area contributed by atoms with Crippen molar-refractivity contribution in [3.63, 3.8) is 0 Å². The van der Waals surface area contributed by atoms with Crippen LogP contribution in [0.5, 0.6) is 5.88 Å². The summed E-state index contributed by atoms with van der Waals surface area (Å²) in [6.07, 6.45) is 10.0. The third kappa shape index (κ3) is 6.15. The molecule has 4 aliphatic rings. The van der Waals surface area contributed by atoms with Gasteiger partial charge in [-0.2, -0.15) is 5.10 Å². The van der Waals surface area contributed by atoms with Gasteiger partial charge in [-0.1, -0.05) is 20.8 Å². The van der Waals surface area contributed by atoms with Crippen LogP contribution in [0.25, 0.3) is 6.20 Å². The third-order valence-electron chi connectivity index (χ3n) is 8.09. The first-order valence-electron chi connectivity index (χ1n) is 13.8. The first-order chi connectivity index (χ1) is 17.9. The fourth-order valence-electron chi connectivity index (χ4n) is 6.64. The monoisotopic (exact) mass is 529 g/mol. The highest BCUT2D eigenvalue weighted by Gasteiger charge is 2.56. The van der Waals surface area contributed by atoms with E-state index in [9.17, 15) is 14.4 Å². The van der Waals surface area contributed by atoms with Crippen LogP contribution in [0, 0.1) is 23.7 Å². The van der Waals surface area contributed by atoms with Gasteiger partial charge in [-0.05, 0) is 75.7 Å². The number of alkyl carbamates (subject to hydrolysis) is 1. The molecule has 210 valence electrons. The van der Waals surface area contributed by atoms with Crippen LogP contribution < -0.4 is 20.7 Å². The van der Waals surface area contributed by atoms with Crippen molar-refractivity contribution in [2.75, 3.05) is 13.7 Å². The maximum absolute atomic E-state index is 13.6. The van der Waals surface area contributed by atoms with Crippen LogP contribution in [0.1, 0.15) is 83.5 Å². The SMILES string of the molecule is CCC(=O)NC12CC3CC(C1)C(NC(=O)c1cnn(/C=C/C(C)(C)NC(=O)OC)c1OCC(C)C)C(C3)C2. The van der Waals surface area contributed by atoms with E-state index < -0.39 is 11.6 Å². The van der Waals surface area contributed by atoms with Gasteiger partial charge in [0.1, 0.15) is 5.56 Å². The van der Waals surface area contributed by atoms with Gasteiger partial charge in [-0.15, -0.1) is 0 Å².